The van der Waals surface area contributed by atoms with Crippen molar-refractivity contribution in [1.82, 2.24) is 0 Å². The van der Waals surface area contributed by atoms with E-state index in [0.29, 0.717) is 28.5 Å². The molecule has 0 amide bonds. The molecule has 2 aromatic rings. The van der Waals surface area contributed by atoms with E-state index < -0.39 is 15.0 Å². The van der Waals surface area contributed by atoms with Gasteiger partial charge in [-0.05, 0) is 23.6 Å². The molecule has 114 valence electrons. The first-order valence-electron chi connectivity index (χ1n) is 5.46. The minimum absolute atomic E-state index is 0.0994. The van der Waals surface area contributed by atoms with Gasteiger partial charge < -0.3 is 10.8 Å². The van der Waals surface area contributed by atoms with Crippen molar-refractivity contribution >= 4 is 38.6 Å². The van der Waals surface area contributed by atoms with Gasteiger partial charge in [-0.1, -0.05) is 11.1 Å². The summed E-state index contributed by atoms with van der Waals surface area (Å²) in [4.78, 5) is -0.466. The minimum Gasteiger partial charge on any atom is -0.507 e. The predicted octanol–water partition coefficient (Wildman–Crippen LogP) is 1.94. The number of hydrogen-bond acceptors (Lipinski definition) is 8. The monoisotopic (exact) mass is 333 g/mol. The van der Waals surface area contributed by atoms with Crippen LogP contribution in [0.2, 0.25) is 0 Å². The van der Waals surface area contributed by atoms with Crippen LogP contribution in [0.4, 0.5) is 5.69 Å². The maximum Gasteiger partial charge on any atom is 0.294 e. The number of fused-ring (bicyclic) bond motifs is 1. The summed E-state index contributed by atoms with van der Waals surface area (Å²) < 4.78 is 36.3. The number of anilines is 1. The van der Waals surface area contributed by atoms with Gasteiger partial charge in [0.1, 0.15) is 10.6 Å². The van der Waals surface area contributed by atoms with E-state index in [-0.39, 0.29) is 17.1 Å². The Morgan fingerprint density at radius 3 is 2.62 bits per heavy atom. The maximum absolute atomic E-state index is 11.4. The van der Waals surface area contributed by atoms with Crippen LogP contribution in [0.15, 0.2) is 29.2 Å². The highest BCUT2D eigenvalue weighted by Gasteiger charge is 2.22. The molecule has 5 N–H and O–H groups in total. The number of benzene rings is 2. The SMILES string of the molecule is Nc1ccc2cc(S(=O)(=O)O)c(CSOOO)c(O)c2c1. The Labute approximate surface area is 123 Å². The summed E-state index contributed by atoms with van der Waals surface area (Å²) in [7, 11) is -4.56. The molecule has 0 aromatic heterocycles. The number of hydrogen-bond donors (Lipinski definition) is 4. The van der Waals surface area contributed by atoms with Crippen molar-refractivity contribution in [3.8, 4) is 5.75 Å². The number of nitrogen functional groups attached to an aromatic ring is 1. The number of rotatable bonds is 5. The highest BCUT2D eigenvalue weighted by Crippen LogP contribution is 2.37. The second-order valence-electron chi connectivity index (χ2n) is 4.06. The fourth-order valence-corrected chi connectivity index (χ4v) is 3.24. The molecule has 10 heteroatoms. The summed E-state index contributed by atoms with van der Waals surface area (Å²) in [5, 5.41) is 22.4. The Hall–Kier alpha value is -1.56. The number of nitrogens with two attached hydrogens (primary N) is 1. The zero-order chi connectivity index (χ0) is 15.6. The standard InChI is InChI=1S/C11H11NO7S2/c12-7-2-1-6-3-10(21(15,16)17)9(5-20-19-18-14)11(13)8(6)4-7/h1-4,13-14H,5,12H2,(H,15,16,17). The van der Waals surface area contributed by atoms with E-state index in [1.165, 1.54) is 24.3 Å². The topological polar surface area (TPSA) is 139 Å². The molecule has 0 saturated heterocycles. The van der Waals surface area contributed by atoms with E-state index >= 15 is 0 Å². The fraction of sp³-hybridized carbons (Fsp3) is 0.0909. The van der Waals surface area contributed by atoms with Crippen molar-refractivity contribution in [2.24, 2.45) is 0 Å². The maximum atomic E-state index is 11.4. The lowest BCUT2D eigenvalue weighted by molar-refractivity contribution is -0.432. The van der Waals surface area contributed by atoms with Gasteiger partial charge in [0.2, 0.25) is 0 Å². The summed E-state index contributed by atoms with van der Waals surface area (Å²) in [5.41, 5.74) is 5.91. The Morgan fingerprint density at radius 2 is 2.00 bits per heavy atom. The molecule has 0 radical (unpaired) electrons. The van der Waals surface area contributed by atoms with Gasteiger partial charge in [0.15, 0.2) is 0 Å². The lowest BCUT2D eigenvalue weighted by atomic mass is 10.1. The van der Waals surface area contributed by atoms with Gasteiger partial charge in [-0.25, -0.2) is 5.26 Å². The summed E-state index contributed by atoms with van der Waals surface area (Å²) in [6, 6.07) is 5.73. The Balaban J connectivity index is 2.68. The molecule has 0 atom stereocenters. The van der Waals surface area contributed by atoms with Gasteiger partial charge >= 0.3 is 0 Å². The van der Waals surface area contributed by atoms with E-state index in [9.17, 15) is 18.1 Å². The zero-order valence-electron chi connectivity index (χ0n) is 10.4. The molecule has 0 saturated carbocycles. The zero-order valence-corrected chi connectivity index (χ0v) is 12.0. The third-order valence-electron chi connectivity index (χ3n) is 2.76. The van der Waals surface area contributed by atoms with E-state index in [1.807, 2.05) is 0 Å². The average molecular weight is 333 g/mol. The molecule has 21 heavy (non-hydrogen) atoms. The van der Waals surface area contributed by atoms with Crippen LogP contribution in [0, 0.1) is 0 Å². The van der Waals surface area contributed by atoms with Gasteiger partial charge in [-0.3, -0.25) is 4.55 Å². The summed E-state index contributed by atoms with van der Waals surface area (Å²) >= 11 is 0.525. The third-order valence-corrected chi connectivity index (χ3v) is 4.25. The second-order valence-corrected chi connectivity index (χ2v) is 6.11. The largest absolute Gasteiger partial charge is 0.507 e. The van der Waals surface area contributed by atoms with Crippen molar-refractivity contribution in [2.45, 2.75) is 10.6 Å². The Kier molecular flexibility index (Phi) is 4.56. The summed E-state index contributed by atoms with van der Waals surface area (Å²) in [6.07, 6.45) is 0. The first-order valence-corrected chi connectivity index (χ1v) is 7.81. The highest BCUT2D eigenvalue weighted by molar-refractivity contribution is 7.93. The molecule has 0 aliphatic carbocycles. The van der Waals surface area contributed by atoms with Crippen molar-refractivity contribution in [3.05, 3.63) is 29.8 Å². The molecule has 0 bridgehead atoms. The van der Waals surface area contributed by atoms with Gasteiger partial charge in [0, 0.05) is 28.7 Å². The van der Waals surface area contributed by atoms with Crippen LogP contribution in [-0.2, 0) is 25.2 Å². The van der Waals surface area contributed by atoms with Gasteiger partial charge in [0.05, 0.1) is 5.75 Å². The summed E-state index contributed by atoms with van der Waals surface area (Å²) in [6.45, 7) is 0. The van der Waals surface area contributed by atoms with E-state index in [2.05, 4.69) is 9.37 Å². The molecule has 0 fully saturated rings. The van der Waals surface area contributed by atoms with Crippen LogP contribution in [0.5, 0.6) is 5.75 Å². The Bertz CT molecular complexity index is 776. The molecule has 0 heterocycles. The first-order chi connectivity index (χ1) is 9.84. The van der Waals surface area contributed by atoms with Crippen LogP contribution in [-0.4, -0.2) is 23.3 Å². The molecular weight excluding hydrogens is 322 g/mol. The molecule has 0 aliphatic rings. The van der Waals surface area contributed by atoms with Gasteiger partial charge in [-0.15, -0.1) is 4.33 Å². The number of phenols is 1. The van der Waals surface area contributed by atoms with E-state index in [0.717, 1.165) is 0 Å². The van der Waals surface area contributed by atoms with Crippen LogP contribution < -0.4 is 5.73 Å². The van der Waals surface area contributed by atoms with Gasteiger partial charge in [-0.2, -0.15) is 8.42 Å². The molecular formula is C11H11NO7S2. The van der Waals surface area contributed by atoms with E-state index in [1.54, 1.807) is 0 Å². The predicted molar refractivity (Wildman–Crippen MR) is 75.9 cm³/mol. The molecule has 0 unspecified atom stereocenters. The summed E-state index contributed by atoms with van der Waals surface area (Å²) in [5.74, 6) is -0.562. The molecule has 8 nitrogen and oxygen atoms in total. The van der Waals surface area contributed by atoms with Crippen molar-refractivity contribution in [2.75, 3.05) is 5.73 Å². The smallest absolute Gasteiger partial charge is 0.294 e. The third kappa shape index (κ3) is 3.37. The van der Waals surface area contributed by atoms with Crippen LogP contribution in [0.3, 0.4) is 0 Å². The van der Waals surface area contributed by atoms with E-state index in [4.69, 9.17) is 11.0 Å². The van der Waals surface area contributed by atoms with Crippen molar-refractivity contribution < 1.29 is 32.7 Å². The quantitative estimate of drug-likeness (QED) is 0.161. The lowest BCUT2D eigenvalue weighted by Gasteiger charge is -2.12. The highest BCUT2D eigenvalue weighted by atomic mass is 32.2. The lowest BCUT2D eigenvalue weighted by Crippen LogP contribution is -2.04. The molecule has 2 aromatic carbocycles. The number of phenolic OH excluding ortho intramolecular Hbond substituents is 1. The van der Waals surface area contributed by atoms with Crippen LogP contribution in [0.1, 0.15) is 5.56 Å². The number of aromatic hydroxyl groups is 1. The normalized spacial score (nSPS) is 11.9. The molecule has 0 spiro atoms. The van der Waals surface area contributed by atoms with Crippen molar-refractivity contribution in [1.29, 1.82) is 0 Å². The fourth-order valence-electron chi connectivity index (χ4n) is 1.89. The van der Waals surface area contributed by atoms with Gasteiger partial charge in [0.25, 0.3) is 10.1 Å². The molecule has 2 rings (SSSR count). The van der Waals surface area contributed by atoms with Crippen LogP contribution in [0.25, 0.3) is 10.8 Å². The minimum atomic E-state index is -4.56. The first kappa shape index (κ1) is 15.8. The Morgan fingerprint density at radius 1 is 1.29 bits per heavy atom. The average Bonchev–Trinajstić information content (AvgIpc) is 2.40. The van der Waals surface area contributed by atoms with Crippen molar-refractivity contribution in [3.63, 3.8) is 0 Å². The van der Waals surface area contributed by atoms with Crippen LogP contribution >= 0.6 is 12.0 Å². The second kappa shape index (κ2) is 6.05. The molecule has 0 aliphatic heterocycles.